The maximum absolute atomic E-state index is 13.3. The van der Waals surface area contributed by atoms with E-state index in [0.29, 0.717) is 11.4 Å². The van der Waals surface area contributed by atoms with E-state index in [-0.39, 0.29) is 0 Å². The van der Waals surface area contributed by atoms with Gasteiger partial charge in [-0.2, -0.15) is 0 Å². The minimum absolute atomic E-state index is 0.498. The highest BCUT2D eigenvalue weighted by atomic mass is 19.1. The summed E-state index contributed by atoms with van der Waals surface area (Å²) in [6, 6.07) is 9.77. The number of nitrogens with one attached hydrogen (secondary N) is 1. The molecule has 2 aromatic rings. The van der Waals surface area contributed by atoms with Crippen molar-refractivity contribution in [3.05, 3.63) is 54.1 Å². The molecule has 0 atom stereocenters. The molecule has 4 nitrogen and oxygen atoms in total. The Hall–Kier alpha value is -2.63. The minimum Gasteiger partial charge on any atom is -0.478 e. The second kappa shape index (κ2) is 6.01. The third kappa shape index (κ3) is 3.44. The molecule has 2 rings (SSSR count). The van der Waals surface area contributed by atoms with Crippen molar-refractivity contribution in [3.8, 4) is 5.75 Å². The fraction of sp³-hybridized carbons (Fsp3) is 0.0714. The van der Waals surface area contributed by atoms with Crippen molar-refractivity contribution >= 4 is 17.3 Å². The smallest absolute Gasteiger partial charge is 0.262 e. The molecule has 0 radical (unpaired) electrons. The molecule has 6 heteroatoms. The zero-order valence-corrected chi connectivity index (χ0v) is 10.4. The molecule has 1 amide bonds. The number of para-hydroxylation sites is 1. The third-order valence-corrected chi connectivity index (χ3v) is 2.46. The lowest BCUT2D eigenvalue weighted by Crippen LogP contribution is -2.20. The molecule has 0 aromatic heterocycles. The number of anilines is 2. The van der Waals surface area contributed by atoms with E-state index in [2.05, 4.69) is 5.32 Å². The number of ether oxygens (including phenoxy) is 1. The number of halogens is 2. The number of nitrogens with two attached hydrogens (primary N) is 1. The third-order valence-electron chi connectivity index (χ3n) is 2.46. The van der Waals surface area contributed by atoms with Crippen molar-refractivity contribution in [3.63, 3.8) is 0 Å². The van der Waals surface area contributed by atoms with Crippen LogP contribution >= 0.6 is 0 Å². The number of amides is 1. The predicted molar refractivity (Wildman–Crippen MR) is 71.3 cm³/mol. The van der Waals surface area contributed by atoms with Gasteiger partial charge in [-0.3, -0.25) is 4.79 Å². The lowest BCUT2D eigenvalue weighted by Gasteiger charge is -2.09. The molecule has 0 bridgehead atoms. The number of nitrogen functional groups attached to an aromatic ring is 1. The molecular weight excluding hydrogens is 266 g/mol. The van der Waals surface area contributed by atoms with E-state index in [9.17, 15) is 13.6 Å². The van der Waals surface area contributed by atoms with E-state index in [4.69, 9.17) is 10.5 Å². The van der Waals surface area contributed by atoms with Crippen molar-refractivity contribution in [2.24, 2.45) is 0 Å². The molecule has 0 heterocycles. The first-order chi connectivity index (χ1) is 9.56. The molecule has 0 saturated heterocycles. The molecule has 20 heavy (non-hydrogen) atoms. The van der Waals surface area contributed by atoms with Crippen molar-refractivity contribution in [1.29, 1.82) is 0 Å². The molecule has 0 aliphatic heterocycles. The SMILES string of the molecule is Nc1ccc(NC(=O)COc2c(F)cccc2F)cc1. The molecule has 0 fully saturated rings. The van der Waals surface area contributed by atoms with Crippen LogP contribution in [0.1, 0.15) is 0 Å². The average Bonchev–Trinajstić information content (AvgIpc) is 2.41. The van der Waals surface area contributed by atoms with E-state index in [1.807, 2.05) is 0 Å². The Morgan fingerprint density at radius 1 is 1.10 bits per heavy atom. The Labute approximate surface area is 114 Å². The van der Waals surface area contributed by atoms with Gasteiger partial charge < -0.3 is 15.8 Å². The van der Waals surface area contributed by atoms with E-state index in [1.54, 1.807) is 24.3 Å². The second-order valence-electron chi connectivity index (χ2n) is 4.01. The van der Waals surface area contributed by atoms with Crippen LogP contribution in [0.5, 0.6) is 5.75 Å². The Morgan fingerprint density at radius 2 is 1.70 bits per heavy atom. The van der Waals surface area contributed by atoms with Crippen LogP contribution in [0, 0.1) is 11.6 Å². The molecule has 0 spiro atoms. The van der Waals surface area contributed by atoms with Crippen LogP contribution in [0.15, 0.2) is 42.5 Å². The molecule has 0 unspecified atom stereocenters. The largest absolute Gasteiger partial charge is 0.478 e. The fourth-order valence-electron chi connectivity index (χ4n) is 1.52. The fourth-order valence-corrected chi connectivity index (χ4v) is 1.52. The summed E-state index contributed by atoms with van der Waals surface area (Å²) in [5.74, 6) is -2.81. The van der Waals surface area contributed by atoms with Crippen LogP contribution in [0.4, 0.5) is 20.2 Å². The average molecular weight is 278 g/mol. The topological polar surface area (TPSA) is 64.3 Å². The summed E-state index contributed by atoms with van der Waals surface area (Å²) in [7, 11) is 0. The van der Waals surface area contributed by atoms with Crippen LogP contribution < -0.4 is 15.8 Å². The number of carbonyl (C=O) groups is 1. The van der Waals surface area contributed by atoms with Crippen molar-refractivity contribution in [2.75, 3.05) is 17.7 Å². The first kappa shape index (κ1) is 13.8. The van der Waals surface area contributed by atoms with Crippen LogP contribution in [-0.2, 0) is 4.79 Å². The van der Waals surface area contributed by atoms with Crippen molar-refractivity contribution in [2.45, 2.75) is 0 Å². The van der Waals surface area contributed by atoms with Gasteiger partial charge in [0.05, 0.1) is 0 Å². The number of benzene rings is 2. The number of hydrogen-bond donors (Lipinski definition) is 2. The molecule has 0 saturated carbocycles. The molecule has 104 valence electrons. The van der Waals surface area contributed by atoms with Crippen molar-refractivity contribution in [1.82, 2.24) is 0 Å². The molecule has 2 aromatic carbocycles. The van der Waals surface area contributed by atoms with Gasteiger partial charge in [-0.25, -0.2) is 8.78 Å². The maximum atomic E-state index is 13.3. The van der Waals surface area contributed by atoms with Gasteiger partial charge in [0.2, 0.25) is 0 Å². The van der Waals surface area contributed by atoms with Crippen LogP contribution in [0.25, 0.3) is 0 Å². The normalized spacial score (nSPS) is 10.1. The van der Waals surface area contributed by atoms with Crippen LogP contribution in [-0.4, -0.2) is 12.5 Å². The predicted octanol–water partition coefficient (Wildman–Crippen LogP) is 2.56. The standard InChI is InChI=1S/C14H12F2N2O2/c15-11-2-1-3-12(16)14(11)20-8-13(19)18-10-6-4-9(17)5-7-10/h1-7H,8,17H2,(H,18,19). The van der Waals surface area contributed by atoms with Gasteiger partial charge in [-0.05, 0) is 36.4 Å². The molecular formula is C14H12F2N2O2. The zero-order chi connectivity index (χ0) is 14.5. The number of rotatable bonds is 4. The summed E-state index contributed by atoms with van der Waals surface area (Å²) in [6.45, 7) is -0.498. The lowest BCUT2D eigenvalue weighted by molar-refractivity contribution is -0.118. The summed E-state index contributed by atoms with van der Waals surface area (Å²) in [5, 5.41) is 2.51. The van der Waals surface area contributed by atoms with Gasteiger partial charge in [0, 0.05) is 11.4 Å². The van der Waals surface area contributed by atoms with E-state index >= 15 is 0 Å². The first-order valence-corrected chi connectivity index (χ1v) is 5.78. The summed E-state index contributed by atoms with van der Waals surface area (Å²) < 4.78 is 31.4. The maximum Gasteiger partial charge on any atom is 0.262 e. The highest BCUT2D eigenvalue weighted by molar-refractivity contribution is 5.92. The molecule has 0 aliphatic carbocycles. The van der Waals surface area contributed by atoms with Crippen LogP contribution in [0.3, 0.4) is 0 Å². The van der Waals surface area contributed by atoms with Gasteiger partial charge in [0.25, 0.3) is 5.91 Å². The van der Waals surface area contributed by atoms with E-state index < -0.39 is 29.9 Å². The summed E-state index contributed by atoms with van der Waals surface area (Å²) >= 11 is 0. The highest BCUT2D eigenvalue weighted by Crippen LogP contribution is 2.20. The van der Waals surface area contributed by atoms with Gasteiger partial charge in [-0.15, -0.1) is 0 Å². The summed E-state index contributed by atoms with van der Waals surface area (Å²) in [6.07, 6.45) is 0. The van der Waals surface area contributed by atoms with Crippen molar-refractivity contribution < 1.29 is 18.3 Å². The number of carbonyl (C=O) groups excluding carboxylic acids is 1. The van der Waals surface area contributed by atoms with Gasteiger partial charge in [-0.1, -0.05) is 6.07 Å². The molecule has 3 N–H and O–H groups in total. The van der Waals surface area contributed by atoms with E-state index in [0.717, 1.165) is 12.1 Å². The monoisotopic (exact) mass is 278 g/mol. The van der Waals surface area contributed by atoms with Gasteiger partial charge in [0.1, 0.15) is 0 Å². The Balaban J connectivity index is 1.94. The second-order valence-corrected chi connectivity index (χ2v) is 4.01. The summed E-state index contributed by atoms with van der Waals surface area (Å²) in [5.41, 5.74) is 6.58. The minimum atomic E-state index is -0.856. The van der Waals surface area contributed by atoms with E-state index in [1.165, 1.54) is 6.07 Å². The quantitative estimate of drug-likeness (QED) is 0.845. The number of hydrogen-bond acceptors (Lipinski definition) is 3. The van der Waals surface area contributed by atoms with Gasteiger partial charge >= 0.3 is 0 Å². The first-order valence-electron chi connectivity index (χ1n) is 5.78. The molecule has 0 aliphatic rings. The van der Waals surface area contributed by atoms with Gasteiger partial charge in [0.15, 0.2) is 24.0 Å². The lowest BCUT2D eigenvalue weighted by atomic mass is 10.3. The van der Waals surface area contributed by atoms with Crippen LogP contribution in [0.2, 0.25) is 0 Å². The zero-order valence-electron chi connectivity index (χ0n) is 10.4. The highest BCUT2D eigenvalue weighted by Gasteiger charge is 2.11. The Kier molecular flexibility index (Phi) is 4.14. The Bertz CT molecular complexity index is 595. The summed E-state index contributed by atoms with van der Waals surface area (Å²) in [4.78, 5) is 11.6. The Morgan fingerprint density at radius 3 is 2.30 bits per heavy atom.